The lowest BCUT2D eigenvalue weighted by Crippen LogP contribution is -2.57. The number of hydrogen-bond donors (Lipinski definition) is 1. The van der Waals surface area contributed by atoms with Gasteiger partial charge >= 0.3 is 0 Å². The van der Waals surface area contributed by atoms with Crippen LogP contribution in [0.3, 0.4) is 0 Å². The number of hydrogen-bond acceptors (Lipinski definition) is 6. The van der Waals surface area contributed by atoms with E-state index in [-0.39, 0.29) is 5.91 Å². The molecule has 1 atom stereocenters. The maximum atomic E-state index is 12.8. The van der Waals surface area contributed by atoms with E-state index in [1.165, 1.54) is 36.5 Å². The Morgan fingerprint density at radius 2 is 1.93 bits per heavy atom. The van der Waals surface area contributed by atoms with Crippen LogP contribution in [0.2, 0.25) is 0 Å². The molecular weight excluding hydrogens is 402 g/mol. The van der Waals surface area contributed by atoms with Gasteiger partial charge in [-0.05, 0) is 62.2 Å². The highest BCUT2D eigenvalue weighted by atomic mass is 32.2. The number of piperidine rings is 3. The standard InChI is InChI=1S/C22H27N3O2S2/c26-22(23-19-15-24-8-6-16(19)7-9-24)20-4-5-21(29-20)28-18-3-1-2-17(14-18)25-10-12-27-13-11-25/h1-5,14,16,19H,6-13,15H2,(H,23,26)/t19-/m0/s1. The smallest absolute Gasteiger partial charge is 0.261 e. The molecule has 4 fully saturated rings. The Balaban J connectivity index is 1.22. The summed E-state index contributed by atoms with van der Waals surface area (Å²) in [6, 6.07) is 13.0. The zero-order valence-corrected chi connectivity index (χ0v) is 18.1. The summed E-state index contributed by atoms with van der Waals surface area (Å²) in [6.45, 7) is 6.87. The van der Waals surface area contributed by atoms with Gasteiger partial charge in [-0.2, -0.15) is 0 Å². The van der Waals surface area contributed by atoms with E-state index in [4.69, 9.17) is 4.74 Å². The van der Waals surface area contributed by atoms with Gasteiger partial charge in [0, 0.05) is 36.3 Å². The minimum absolute atomic E-state index is 0.0858. The van der Waals surface area contributed by atoms with Crippen LogP contribution in [0.1, 0.15) is 22.5 Å². The highest BCUT2D eigenvalue weighted by molar-refractivity contribution is 8.01. The van der Waals surface area contributed by atoms with Crippen LogP contribution in [0.5, 0.6) is 0 Å². The maximum absolute atomic E-state index is 12.8. The van der Waals surface area contributed by atoms with E-state index in [0.717, 1.165) is 41.9 Å². The minimum atomic E-state index is 0.0858. The molecule has 1 N–H and O–H groups in total. The summed E-state index contributed by atoms with van der Waals surface area (Å²) in [7, 11) is 0. The Morgan fingerprint density at radius 1 is 1.10 bits per heavy atom. The summed E-state index contributed by atoms with van der Waals surface area (Å²) in [5.74, 6) is 0.739. The topological polar surface area (TPSA) is 44.8 Å². The van der Waals surface area contributed by atoms with Crippen molar-refractivity contribution in [3.05, 3.63) is 41.3 Å². The van der Waals surface area contributed by atoms with Crippen molar-refractivity contribution in [3.8, 4) is 0 Å². The zero-order chi connectivity index (χ0) is 19.6. The highest BCUT2D eigenvalue weighted by Crippen LogP contribution is 2.35. The highest BCUT2D eigenvalue weighted by Gasteiger charge is 2.35. The Bertz CT molecular complexity index is 857. The van der Waals surface area contributed by atoms with Gasteiger partial charge in [0.1, 0.15) is 0 Å². The van der Waals surface area contributed by atoms with E-state index in [9.17, 15) is 4.79 Å². The van der Waals surface area contributed by atoms with Crippen LogP contribution in [0.25, 0.3) is 0 Å². The first-order valence-corrected chi connectivity index (χ1v) is 12.1. The van der Waals surface area contributed by atoms with Crippen molar-refractivity contribution in [2.75, 3.05) is 50.8 Å². The number of benzene rings is 1. The molecule has 1 aromatic carbocycles. The third-order valence-electron chi connectivity index (χ3n) is 6.19. The number of nitrogens with one attached hydrogen (secondary N) is 1. The van der Waals surface area contributed by atoms with Crippen molar-refractivity contribution < 1.29 is 9.53 Å². The molecule has 4 aliphatic rings. The minimum Gasteiger partial charge on any atom is -0.378 e. The fourth-order valence-electron chi connectivity index (χ4n) is 4.55. The summed E-state index contributed by atoms with van der Waals surface area (Å²) in [6.07, 6.45) is 2.44. The van der Waals surface area contributed by atoms with Gasteiger partial charge in [0.2, 0.25) is 0 Å². The van der Waals surface area contributed by atoms with Crippen LogP contribution in [-0.4, -0.2) is 62.8 Å². The molecule has 0 saturated carbocycles. The number of anilines is 1. The molecule has 0 radical (unpaired) electrons. The van der Waals surface area contributed by atoms with Crippen molar-refractivity contribution in [1.29, 1.82) is 0 Å². The van der Waals surface area contributed by atoms with Gasteiger partial charge in [0.15, 0.2) is 0 Å². The summed E-state index contributed by atoms with van der Waals surface area (Å²) < 4.78 is 6.61. The summed E-state index contributed by atoms with van der Waals surface area (Å²) in [5, 5.41) is 3.30. The zero-order valence-electron chi connectivity index (χ0n) is 16.5. The number of rotatable bonds is 5. The number of amides is 1. The average Bonchev–Trinajstić information content (AvgIpc) is 3.24. The number of ether oxygens (including phenoxy) is 1. The predicted molar refractivity (Wildman–Crippen MR) is 118 cm³/mol. The second kappa shape index (κ2) is 8.68. The summed E-state index contributed by atoms with van der Waals surface area (Å²) in [4.78, 5) is 19.6. The van der Waals surface area contributed by atoms with E-state index in [2.05, 4.69) is 45.4 Å². The first-order chi connectivity index (χ1) is 14.2. The molecule has 7 heteroatoms. The molecule has 5 heterocycles. The third-order valence-corrected chi connectivity index (χ3v) is 8.40. The van der Waals surface area contributed by atoms with E-state index >= 15 is 0 Å². The number of nitrogens with zero attached hydrogens (tertiary/aromatic N) is 2. The maximum Gasteiger partial charge on any atom is 0.261 e. The molecule has 154 valence electrons. The van der Waals surface area contributed by atoms with Crippen LogP contribution in [0, 0.1) is 5.92 Å². The number of carbonyl (C=O) groups excluding carboxylic acids is 1. The molecule has 4 saturated heterocycles. The molecule has 2 bridgehead atoms. The van der Waals surface area contributed by atoms with Gasteiger partial charge in [0.25, 0.3) is 5.91 Å². The molecule has 0 aliphatic carbocycles. The molecule has 0 spiro atoms. The first kappa shape index (κ1) is 19.4. The average molecular weight is 430 g/mol. The number of morpholine rings is 1. The summed E-state index contributed by atoms with van der Waals surface area (Å²) >= 11 is 3.32. The Kier molecular flexibility index (Phi) is 5.81. The largest absolute Gasteiger partial charge is 0.378 e. The lowest BCUT2D eigenvalue weighted by atomic mass is 9.84. The molecule has 5 nitrogen and oxygen atoms in total. The molecule has 1 amide bonds. The lowest BCUT2D eigenvalue weighted by molar-refractivity contribution is 0.0622. The second-order valence-electron chi connectivity index (χ2n) is 8.04. The van der Waals surface area contributed by atoms with Crippen LogP contribution in [0.4, 0.5) is 5.69 Å². The molecule has 4 aliphatic heterocycles. The lowest BCUT2D eigenvalue weighted by Gasteiger charge is -2.44. The van der Waals surface area contributed by atoms with Crippen LogP contribution < -0.4 is 10.2 Å². The van der Waals surface area contributed by atoms with Crippen LogP contribution >= 0.6 is 23.1 Å². The van der Waals surface area contributed by atoms with Gasteiger partial charge in [-0.25, -0.2) is 0 Å². The van der Waals surface area contributed by atoms with E-state index in [1.807, 2.05) is 6.07 Å². The molecule has 29 heavy (non-hydrogen) atoms. The van der Waals surface area contributed by atoms with Crippen LogP contribution in [-0.2, 0) is 4.74 Å². The van der Waals surface area contributed by atoms with Gasteiger partial charge < -0.3 is 19.9 Å². The van der Waals surface area contributed by atoms with E-state index < -0.39 is 0 Å². The van der Waals surface area contributed by atoms with E-state index in [1.54, 1.807) is 23.1 Å². The third kappa shape index (κ3) is 4.48. The van der Waals surface area contributed by atoms with Gasteiger partial charge in [0.05, 0.1) is 22.3 Å². The Hall–Kier alpha value is -1.54. The SMILES string of the molecule is O=C(N[C@H]1CN2CCC1CC2)c1ccc(Sc2cccc(N3CCOCC3)c2)s1. The fraction of sp³-hybridized carbons (Fsp3) is 0.500. The monoisotopic (exact) mass is 429 g/mol. The van der Waals surface area contributed by atoms with Gasteiger partial charge in [-0.15, -0.1) is 11.3 Å². The van der Waals surface area contributed by atoms with Crippen molar-refractivity contribution >= 4 is 34.7 Å². The Morgan fingerprint density at radius 3 is 2.69 bits per heavy atom. The predicted octanol–water partition coefficient (Wildman–Crippen LogP) is 3.56. The van der Waals surface area contributed by atoms with Crippen molar-refractivity contribution in [2.24, 2.45) is 5.92 Å². The van der Waals surface area contributed by atoms with Crippen molar-refractivity contribution in [3.63, 3.8) is 0 Å². The van der Waals surface area contributed by atoms with Gasteiger partial charge in [-0.1, -0.05) is 17.8 Å². The van der Waals surface area contributed by atoms with Crippen molar-refractivity contribution in [2.45, 2.75) is 28.0 Å². The number of thiophene rings is 1. The van der Waals surface area contributed by atoms with Gasteiger partial charge in [-0.3, -0.25) is 4.79 Å². The number of fused-ring (bicyclic) bond motifs is 3. The quantitative estimate of drug-likeness (QED) is 0.787. The molecule has 0 unspecified atom stereocenters. The first-order valence-electron chi connectivity index (χ1n) is 10.5. The van der Waals surface area contributed by atoms with Crippen LogP contribution in [0.15, 0.2) is 45.5 Å². The second-order valence-corrected chi connectivity index (χ2v) is 10.5. The fourth-order valence-corrected chi connectivity index (χ4v) is 6.61. The van der Waals surface area contributed by atoms with E-state index in [0.29, 0.717) is 12.0 Å². The summed E-state index contributed by atoms with van der Waals surface area (Å²) in [5.41, 5.74) is 1.25. The normalized spacial score (nSPS) is 26.5. The molecule has 1 aromatic heterocycles. The van der Waals surface area contributed by atoms with Crippen molar-refractivity contribution in [1.82, 2.24) is 10.2 Å². The number of carbonyl (C=O) groups is 1. The molecule has 6 rings (SSSR count). The Labute approximate surface area is 180 Å². The molecular formula is C22H27N3O2S2. The molecule has 2 aromatic rings.